The zero-order chi connectivity index (χ0) is 14.7. The summed E-state index contributed by atoms with van der Waals surface area (Å²) in [6.07, 6.45) is 0. The largest absolute Gasteiger partial charge is 0.507 e. The van der Waals surface area contributed by atoms with Crippen LogP contribution in [-0.2, 0) is 0 Å². The molecule has 20 heavy (non-hydrogen) atoms. The van der Waals surface area contributed by atoms with Crippen molar-refractivity contribution in [2.45, 2.75) is 0 Å². The molecule has 0 aliphatic heterocycles. The maximum atomic E-state index is 11.9. The van der Waals surface area contributed by atoms with Crippen LogP contribution in [0.25, 0.3) is 0 Å². The maximum Gasteiger partial charge on any atom is 0.335 e. The van der Waals surface area contributed by atoms with E-state index in [1.165, 1.54) is 24.3 Å². The number of para-hydroxylation sites is 1. The predicted molar refractivity (Wildman–Crippen MR) is 71.1 cm³/mol. The van der Waals surface area contributed by atoms with E-state index in [9.17, 15) is 19.8 Å². The molecule has 0 heterocycles. The van der Waals surface area contributed by atoms with Crippen LogP contribution in [0.5, 0.6) is 11.5 Å². The van der Waals surface area contributed by atoms with Gasteiger partial charge in [-0.25, -0.2) is 4.79 Å². The summed E-state index contributed by atoms with van der Waals surface area (Å²) in [6, 6.07) is 9.50. The summed E-state index contributed by atoms with van der Waals surface area (Å²) in [4.78, 5) is 22.6. The average Bonchev–Trinajstić information content (AvgIpc) is 2.41. The molecule has 0 saturated carbocycles. The van der Waals surface area contributed by atoms with E-state index in [-0.39, 0.29) is 28.3 Å². The van der Waals surface area contributed by atoms with Gasteiger partial charge in [0.05, 0.1) is 16.8 Å². The van der Waals surface area contributed by atoms with Crippen LogP contribution >= 0.6 is 0 Å². The van der Waals surface area contributed by atoms with Gasteiger partial charge in [-0.15, -0.1) is 0 Å². The molecule has 0 unspecified atom stereocenters. The maximum absolute atomic E-state index is 11.9. The third-order valence-corrected chi connectivity index (χ3v) is 2.64. The van der Waals surface area contributed by atoms with E-state index in [1.54, 1.807) is 12.1 Å². The highest BCUT2D eigenvalue weighted by atomic mass is 16.4. The fourth-order valence-corrected chi connectivity index (χ4v) is 1.63. The molecular weight excluding hydrogens is 262 g/mol. The highest BCUT2D eigenvalue weighted by molar-refractivity contribution is 6.07. The number of amides is 1. The van der Waals surface area contributed by atoms with Crippen LogP contribution in [0.2, 0.25) is 0 Å². The van der Waals surface area contributed by atoms with Gasteiger partial charge < -0.3 is 20.6 Å². The molecule has 0 aliphatic carbocycles. The number of benzene rings is 2. The smallest absolute Gasteiger partial charge is 0.335 e. The number of phenolic OH excluding ortho intramolecular Hbond substituents is 2. The molecule has 2 rings (SSSR count). The van der Waals surface area contributed by atoms with Gasteiger partial charge in [0, 0.05) is 0 Å². The number of nitrogens with one attached hydrogen (secondary N) is 1. The van der Waals surface area contributed by atoms with E-state index < -0.39 is 11.9 Å². The van der Waals surface area contributed by atoms with Gasteiger partial charge in [-0.1, -0.05) is 12.1 Å². The monoisotopic (exact) mass is 273 g/mol. The van der Waals surface area contributed by atoms with Crippen molar-refractivity contribution in [2.75, 3.05) is 5.32 Å². The first-order valence-corrected chi connectivity index (χ1v) is 5.64. The normalized spacial score (nSPS) is 10.0. The number of aromatic carboxylic acids is 1. The average molecular weight is 273 g/mol. The number of hydrogen-bond acceptors (Lipinski definition) is 4. The molecule has 0 aliphatic rings. The second-order valence-corrected chi connectivity index (χ2v) is 4.01. The summed E-state index contributed by atoms with van der Waals surface area (Å²) in [5.41, 5.74) is 0.0144. The van der Waals surface area contributed by atoms with Crippen molar-refractivity contribution in [1.82, 2.24) is 0 Å². The van der Waals surface area contributed by atoms with Crippen molar-refractivity contribution >= 4 is 17.6 Å². The van der Waals surface area contributed by atoms with E-state index >= 15 is 0 Å². The molecule has 0 aromatic heterocycles. The summed E-state index contributed by atoms with van der Waals surface area (Å²) in [5, 5.41) is 30.4. The van der Waals surface area contributed by atoms with Crippen molar-refractivity contribution in [1.29, 1.82) is 0 Å². The van der Waals surface area contributed by atoms with Crippen molar-refractivity contribution in [3.8, 4) is 11.5 Å². The molecule has 2 aromatic rings. The van der Waals surface area contributed by atoms with Gasteiger partial charge >= 0.3 is 5.97 Å². The molecular formula is C14H11NO5. The third-order valence-electron chi connectivity index (χ3n) is 2.64. The van der Waals surface area contributed by atoms with Crippen molar-refractivity contribution < 1.29 is 24.9 Å². The van der Waals surface area contributed by atoms with Crippen LogP contribution in [-0.4, -0.2) is 27.2 Å². The summed E-state index contributed by atoms with van der Waals surface area (Å²) in [5.74, 6) is -2.35. The predicted octanol–water partition coefficient (Wildman–Crippen LogP) is 2.05. The van der Waals surface area contributed by atoms with Crippen molar-refractivity contribution in [2.24, 2.45) is 0 Å². The first-order chi connectivity index (χ1) is 9.49. The second kappa shape index (κ2) is 5.31. The summed E-state index contributed by atoms with van der Waals surface area (Å²) >= 11 is 0. The summed E-state index contributed by atoms with van der Waals surface area (Å²) in [6.45, 7) is 0. The van der Waals surface area contributed by atoms with Gasteiger partial charge in [-0.3, -0.25) is 4.79 Å². The van der Waals surface area contributed by atoms with E-state index in [2.05, 4.69) is 5.32 Å². The molecule has 1 amide bonds. The number of hydrogen-bond donors (Lipinski definition) is 4. The van der Waals surface area contributed by atoms with Crippen LogP contribution in [0.4, 0.5) is 5.69 Å². The SMILES string of the molecule is O=C(O)c1ccc(NC(=O)c2ccccc2O)c(O)c1. The molecule has 0 saturated heterocycles. The van der Waals surface area contributed by atoms with Crippen LogP contribution in [0, 0.1) is 0 Å². The first kappa shape index (κ1) is 13.4. The highest BCUT2D eigenvalue weighted by Crippen LogP contribution is 2.26. The van der Waals surface area contributed by atoms with E-state index in [1.807, 2.05) is 0 Å². The Bertz CT molecular complexity index is 681. The minimum atomic E-state index is -1.18. The minimum absolute atomic E-state index is 0.0502. The number of anilines is 1. The number of carboxylic acids is 1. The molecule has 6 heteroatoms. The fourth-order valence-electron chi connectivity index (χ4n) is 1.63. The Morgan fingerprint density at radius 2 is 1.65 bits per heavy atom. The van der Waals surface area contributed by atoms with Gasteiger partial charge in [0.25, 0.3) is 5.91 Å². The number of aromatic hydroxyl groups is 2. The molecule has 0 spiro atoms. The third kappa shape index (κ3) is 2.69. The second-order valence-electron chi connectivity index (χ2n) is 4.01. The standard InChI is InChI=1S/C14H11NO5/c16-11-4-2-1-3-9(11)13(18)15-10-6-5-8(14(19)20)7-12(10)17/h1-7,16-17H,(H,15,18)(H,19,20). The van der Waals surface area contributed by atoms with Crippen molar-refractivity contribution in [3.05, 3.63) is 53.6 Å². The number of carbonyl (C=O) groups is 2. The topological polar surface area (TPSA) is 107 Å². The lowest BCUT2D eigenvalue weighted by Crippen LogP contribution is -2.12. The van der Waals surface area contributed by atoms with Gasteiger partial charge in [-0.2, -0.15) is 0 Å². The van der Waals surface area contributed by atoms with Crippen LogP contribution in [0.15, 0.2) is 42.5 Å². The Balaban J connectivity index is 2.25. The van der Waals surface area contributed by atoms with E-state index in [0.717, 1.165) is 6.07 Å². The lowest BCUT2D eigenvalue weighted by molar-refractivity contribution is 0.0696. The summed E-state index contributed by atoms with van der Waals surface area (Å²) < 4.78 is 0. The van der Waals surface area contributed by atoms with Crippen LogP contribution in [0.3, 0.4) is 0 Å². The molecule has 2 aromatic carbocycles. The fraction of sp³-hybridized carbons (Fsp3) is 0. The highest BCUT2D eigenvalue weighted by Gasteiger charge is 2.13. The van der Waals surface area contributed by atoms with Gasteiger partial charge in [0.1, 0.15) is 11.5 Å². The minimum Gasteiger partial charge on any atom is -0.507 e. The molecule has 0 radical (unpaired) electrons. The molecule has 4 N–H and O–H groups in total. The molecule has 102 valence electrons. The molecule has 6 nitrogen and oxygen atoms in total. The lowest BCUT2D eigenvalue weighted by Gasteiger charge is -2.08. The quantitative estimate of drug-likeness (QED) is 0.640. The molecule has 0 fully saturated rings. The van der Waals surface area contributed by atoms with E-state index in [0.29, 0.717) is 0 Å². The zero-order valence-electron chi connectivity index (χ0n) is 10.2. The van der Waals surface area contributed by atoms with Crippen LogP contribution in [0.1, 0.15) is 20.7 Å². The Morgan fingerprint density at radius 1 is 0.950 bits per heavy atom. The Hall–Kier alpha value is -3.02. The van der Waals surface area contributed by atoms with Crippen molar-refractivity contribution in [3.63, 3.8) is 0 Å². The molecule has 0 atom stereocenters. The van der Waals surface area contributed by atoms with Gasteiger partial charge in [0.15, 0.2) is 0 Å². The van der Waals surface area contributed by atoms with Gasteiger partial charge in [0.2, 0.25) is 0 Å². The first-order valence-electron chi connectivity index (χ1n) is 5.64. The Morgan fingerprint density at radius 3 is 2.25 bits per heavy atom. The van der Waals surface area contributed by atoms with Gasteiger partial charge in [-0.05, 0) is 30.3 Å². The van der Waals surface area contributed by atoms with E-state index in [4.69, 9.17) is 5.11 Å². The molecule has 0 bridgehead atoms. The summed E-state index contributed by atoms with van der Waals surface area (Å²) in [7, 11) is 0. The zero-order valence-corrected chi connectivity index (χ0v) is 10.2. The Labute approximate surface area is 113 Å². The number of rotatable bonds is 3. The number of phenols is 2. The number of carbonyl (C=O) groups excluding carboxylic acids is 1. The Kier molecular flexibility index (Phi) is 3.56. The van der Waals surface area contributed by atoms with Crippen LogP contribution < -0.4 is 5.32 Å². The lowest BCUT2D eigenvalue weighted by atomic mass is 10.1. The number of carboxylic acid groups (broad SMARTS) is 1.